The molecule has 0 bridgehead atoms. The van der Waals surface area contributed by atoms with E-state index in [9.17, 15) is 4.79 Å². The van der Waals surface area contributed by atoms with Gasteiger partial charge in [-0.05, 0) is 54.1 Å². The molecular weight excluding hydrogens is 482 g/mol. The molecule has 35 heavy (non-hydrogen) atoms. The normalized spacial score (nSPS) is 10.9. The molecule has 0 spiro atoms. The highest BCUT2D eigenvalue weighted by Crippen LogP contribution is 2.31. The molecule has 0 saturated carbocycles. The molecule has 9 heteroatoms. The van der Waals surface area contributed by atoms with Crippen LogP contribution in [0, 0.1) is 0 Å². The number of amides is 1. The van der Waals surface area contributed by atoms with Crippen molar-refractivity contribution in [3.63, 3.8) is 0 Å². The van der Waals surface area contributed by atoms with Crippen LogP contribution < -0.4 is 5.32 Å². The minimum atomic E-state index is -0.162. The molecule has 0 saturated heterocycles. The van der Waals surface area contributed by atoms with Crippen molar-refractivity contribution in [2.75, 3.05) is 0 Å². The number of furan rings is 1. The SMILES string of the molecule is O=C(NCc1ccco1)c1ccccc1CSc1nnc(-c2cccnc2)n1-c1cccc(Cl)c1. The van der Waals surface area contributed by atoms with Gasteiger partial charge in [-0.25, -0.2) is 0 Å². The zero-order valence-electron chi connectivity index (χ0n) is 18.5. The molecule has 0 unspecified atom stereocenters. The second-order valence-corrected chi connectivity index (χ2v) is 8.95. The molecule has 0 aliphatic heterocycles. The lowest BCUT2D eigenvalue weighted by Crippen LogP contribution is -2.23. The zero-order chi connectivity index (χ0) is 24.0. The predicted octanol–water partition coefficient (Wildman–Crippen LogP) is 5.80. The predicted molar refractivity (Wildman–Crippen MR) is 135 cm³/mol. The van der Waals surface area contributed by atoms with Crippen LogP contribution in [0.2, 0.25) is 5.02 Å². The van der Waals surface area contributed by atoms with Gasteiger partial charge >= 0.3 is 0 Å². The summed E-state index contributed by atoms with van der Waals surface area (Å²) in [5.74, 6) is 1.72. The first-order valence-electron chi connectivity index (χ1n) is 10.8. The molecule has 174 valence electrons. The van der Waals surface area contributed by atoms with Gasteiger partial charge in [0.2, 0.25) is 0 Å². The summed E-state index contributed by atoms with van der Waals surface area (Å²) >= 11 is 7.77. The van der Waals surface area contributed by atoms with E-state index < -0.39 is 0 Å². The number of carbonyl (C=O) groups excluding carboxylic acids is 1. The topological polar surface area (TPSA) is 85.8 Å². The fourth-order valence-corrected chi connectivity index (χ4v) is 4.72. The molecule has 1 amide bonds. The van der Waals surface area contributed by atoms with E-state index >= 15 is 0 Å². The molecule has 0 aliphatic carbocycles. The average Bonchev–Trinajstić information content (AvgIpc) is 3.57. The highest BCUT2D eigenvalue weighted by atomic mass is 35.5. The number of benzene rings is 2. The van der Waals surface area contributed by atoms with Gasteiger partial charge < -0.3 is 9.73 Å². The van der Waals surface area contributed by atoms with Crippen molar-refractivity contribution < 1.29 is 9.21 Å². The fourth-order valence-electron chi connectivity index (χ4n) is 3.58. The minimum absolute atomic E-state index is 0.162. The van der Waals surface area contributed by atoms with Crippen molar-refractivity contribution in [1.29, 1.82) is 0 Å². The molecule has 0 fully saturated rings. The molecule has 3 heterocycles. The monoisotopic (exact) mass is 501 g/mol. The number of halogens is 1. The number of pyridine rings is 1. The first kappa shape index (κ1) is 22.9. The van der Waals surface area contributed by atoms with Crippen LogP contribution in [0.3, 0.4) is 0 Å². The van der Waals surface area contributed by atoms with Gasteiger partial charge in [-0.1, -0.05) is 47.6 Å². The maximum Gasteiger partial charge on any atom is 0.251 e. The third-order valence-corrected chi connectivity index (χ3v) is 6.45. The highest BCUT2D eigenvalue weighted by molar-refractivity contribution is 7.98. The van der Waals surface area contributed by atoms with E-state index in [0.29, 0.717) is 39.6 Å². The smallest absolute Gasteiger partial charge is 0.251 e. The van der Waals surface area contributed by atoms with Crippen molar-refractivity contribution in [1.82, 2.24) is 25.1 Å². The zero-order valence-corrected chi connectivity index (χ0v) is 20.0. The number of aromatic nitrogens is 4. The van der Waals surface area contributed by atoms with Crippen LogP contribution in [0.5, 0.6) is 0 Å². The summed E-state index contributed by atoms with van der Waals surface area (Å²) in [6.07, 6.45) is 5.05. The van der Waals surface area contributed by atoms with Gasteiger partial charge in [0.05, 0.1) is 18.5 Å². The number of nitrogens with one attached hydrogen (secondary N) is 1. The molecule has 0 atom stereocenters. The average molecular weight is 502 g/mol. The molecule has 7 nitrogen and oxygen atoms in total. The van der Waals surface area contributed by atoms with Crippen LogP contribution in [-0.2, 0) is 12.3 Å². The summed E-state index contributed by atoms with van der Waals surface area (Å²) in [4.78, 5) is 17.1. The van der Waals surface area contributed by atoms with Crippen molar-refractivity contribution >= 4 is 29.3 Å². The third-order valence-electron chi connectivity index (χ3n) is 5.24. The Morgan fingerprint density at radius 2 is 1.94 bits per heavy atom. The van der Waals surface area contributed by atoms with E-state index in [4.69, 9.17) is 16.0 Å². The molecule has 5 aromatic rings. The van der Waals surface area contributed by atoms with Gasteiger partial charge in [-0.3, -0.25) is 14.3 Å². The van der Waals surface area contributed by atoms with Crippen molar-refractivity contribution in [3.8, 4) is 17.1 Å². The van der Waals surface area contributed by atoms with E-state index in [-0.39, 0.29) is 5.91 Å². The molecule has 1 N–H and O–H groups in total. The first-order valence-corrected chi connectivity index (χ1v) is 12.2. The number of carbonyl (C=O) groups is 1. The van der Waals surface area contributed by atoms with Crippen LogP contribution >= 0.6 is 23.4 Å². The van der Waals surface area contributed by atoms with Gasteiger partial charge in [0.15, 0.2) is 11.0 Å². The second-order valence-electron chi connectivity index (χ2n) is 7.57. The van der Waals surface area contributed by atoms with E-state index in [1.165, 1.54) is 11.8 Å². The fraction of sp³-hybridized carbons (Fsp3) is 0.0769. The largest absolute Gasteiger partial charge is 0.467 e. The first-order chi connectivity index (χ1) is 17.2. The molecule has 5 rings (SSSR count). The molecule has 2 aromatic carbocycles. The van der Waals surface area contributed by atoms with E-state index in [1.807, 2.05) is 71.3 Å². The Kier molecular flexibility index (Phi) is 6.92. The number of rotatable bonds is 8. The van der Waals surface area contributed by atoms with E-state index in [2.05, 4.69) is 20.5 Å². The summed E-state index contributed by atoms with van der Waals surface area (Å²) < 4.78 is 7.26. The van der Waals surface area contributed by atoms with Gasteiger partial charge in [0.25, 0.3) is 5.91 Å². The Balaban J connectivity index is 1.42. The van der Waals surface area contributed by atoms with Gasteiger partial charge in [-0.2, -0.15) is 0 Å². The molecule has 0 aliphatic rings. The lowest BCUT2D eigenvalue weighted by Gasteiger charge is -2.12. The Morgan fingerprint density at radius 1 is 1.03 bits per heavy atom. The third kappa shape index (κ3) is 5.29. The number of thioether (sulfide) groups is 1. The van der Waals surface area contributed by atoms with Crippen LogP contribution in [0.25, 0.3) is 17.1 Å². The van der Waals surface area contributed by atoms with Gasteiger partial charge in [0, 0.05) is 34.3 Å². The van der Waals surface area contributed by atoms with E-state index in [0.717, 1.165) is 16.8 Å². The lowest BCUT2D eigenvalue weighted by atomic mass is 10.1. The van der Waals surface area contributed by atoms with Crippen LogP contribution in [0.1, 0.15) is 21.7 Å². The highest BCUT2D eigenvalue weighted by Gasteiger charge is 2.18. The number of nitrogens with zero attached hydrogens (tertiary/aromatic N) is 4. The quantitative estimate of drug-likeness (QED) is 0.270. The van der Waals surface area contributed by atoms with Gasteiger partial charge in [-0.15, -0.1) is 10.2 Å². The Bertz CT molecular complexity index is 1440. The Morgan fingerprint density at radius 3 is 2.74 bits per heavy atom. The van der Waals surface area contributed by atoms with Crippen LogP contribution in [-0.4, -0.2) is 25.7 Å². The maximum absolute atomic E-state index is 12.9. The van der Waals surface area contributed by atoms with Gasteiger partial charge in [0.1, 0.15) is 5.76 Å². The number of hydrogen-bond acceptors (Lipinski definition) is 6. The van der Waals surface area contributed by atoms with Crippen molar-refractivity contribution in [3.05, 3.63) is 113 Å². The maximum atomic E-state index is 12.9. The summed E-state index contributed by atoms with van der Waals surface area (Å²) in [5.41, 5.74) is 3.17. The van der Waals surface area contributed by atoms with Crippen LogP contribution in [0.15, 0.2) is 101 Å². The van der Waals surface area contributed by atoms with Crippen molar-refractivity contribution in [2.24, 2.45) is 0 Å². The second kappa shape index (κ2) is 10.6. The summed E-state index contributed by atoms with van der Waals surface area (Å²) in [7, 11) is 0. The standard InChI is InChI=1S/C26H20ClN5O2S/c27-20-8-3-9-21(14-20)32-24(18-7-4-12-28-15-18)30-31-26(32)35-17-19-6-1-2-11-23(19)25(33)29-16-22-10-5-13-34-22/h1-15H,16-17H2,(H,29,33). The molecule has 3 aromatic heterocycles. The summed E-state index contributed by atoms with van der Waals surface area (Å²) in [6, 6.07) is 22.5. The van der Waals surface area contributed by atoms with Crippen molar-refractivity contribution in [2.45, 2.75) is 17.5 Å². The minimum Gasteiger partial charge on any atom is -0.467 e. The Hall–Kier alpha value is -3.88. The molecule has 0 radical (unpaired) electrons. The lowest BCUT2D eigenvalue weighted by molar-refractivity contribution is 0.0947. The summed E-state index contributed by atoms with van der Waals surface area (Å²) in [5, 5.41) is 13.1. The number of hydrogen-bond donors (Lipinski definition) is 1. The van der Waals surface area contributed by atoms with Crippen LogP contribution in [0.4, 0.5) is 0 Å². The molecular formula is C26H20ClN5O2S. The summed E-state index contributed by atoms with van der Waals surface area (Å²) in [6.45, 7) is 0.324. The Labute approximate surface area is 211 Å². The van der Waals surface area contributed by atoms with E-state index in [1.54, 1.807) is 24.7 Å².